The van der Waals surface area contributed by atoms with Crippen LogP contribution >= 0.6 is 11.8 Å². The van der Waals surface area contributed by atoms with Gasteiger partial charge in [-0.15, -0.1) is 10.2 Å². The van der Waals surface area contributed by atoms with Crippen LogP contribution in [0.5, 0.6) is 5.75 Å². The van der Waals surface area contributed by atoms with Crippen molar-refractivity contribution >= 4 is 23.8 Å². The van der Waals surface area contributed by atoms with E-state index in [1.54, 1.807) is 26.4 Å². The normalized spacial score (nSPS) is 11.7. The van der Waals surface area contributed by atoms with Gasteiger partial charge in [0, 0.05) is 5.56 Å². The molecule has 3 aromatic rings. The molecule has 0 spiro atoms. The molecule has 10 heteroatoms. The molecule has 2 amide bonds. The number of hydrogen-bond acceptors (Lipinski definition) is 8. The van der Waals surface area contributed by atoms with Gasteiger partial charge in [-0.25, -0.2) is 4.79 Å². The van der Waals surface area contributed by atoms with E-state index in [1.807, 2.05) is 34.9 Å². The van der Waals surface area contributed by atoms with Gasteiger partial charge in [-0.1, -0.05) is 23.9 Å². The third kappa shape index (κ3) is 4.96. The van der Waals surface area contributed by atoms with Crippen molar-refractivity contribution in [3.8, 4) is 17.1 Å². The fourth-order valence-electron chi connectivity index (χ4n) is 2.52. The average Bonchev–Trinajstić information content (AvgIpc) is 3.38. The van der Waals surface area contributed by atoms with E-state index in [4.69, 9.17) is 9.15 Å². The predicted molar refractivity (Wildman–Crippen MR) is 106 cm³/mol. The first kappa shape index (κ1) is 20.5. The Balaban J connectivity index is 1.91. The molecule has 0 aliphatic carbocycles. The molecule has 3 rings (SSSR count). The van der Waals surface area contributed by atoms with Gasteiger partial charge in [0.05, 0.1) is 32.3 Å². The van der Waals surface area contributed by atoms with E-state index >= 15 is 0 Å². The molecule has 0 saturated carbocycles. The number of carbonyl (C=O) groups excluding carboxylic acids is 2. The third-order valence-corrected chi connectivity index (χ3v) is 5.08. The lowest BCUT2D eigenvalue weighted by Gasteiger charge is -2.12. The van der Waals surface area contributed by atoms with Crippen LogP contribution in [0.25, 0.3) is 11.4 Å². The van der Waals surface area contributed by atoms with Crippen molar-refractivity contribution in [2.24, 2.45) is 0 Å². The van der Waals surface area contributed by atoms with Gasteiger partial charge in [0.2, 0.25) is 5.91 Å². The number of nitrogens with one attached hydrogen (secondary N) is 1. The van der Waals surface area contributed by atoms with Crippen molar-refractivity contribution in [3.63, 3.8) is 0 Å². The molecule has 0 aliphatic heterocycles. The summed E-state index contributed by atoms with van der Waals surface area (Å²) in [6, 6.07) is 11.1. The summed E-state index contributed by atoms with van der Waals surface area (Å²) in [6.45, 7) is 2.04. The van der Waals surface area contributed by atoms with E-state index < -0.39 is 17.3 Å². The number of benzene rings is 1. The molecule has 0 saturated heterocycles. The van der Waals surface area contributed by atoms with Crippen molar-refractivity contribution in [2.45, 2.75) is 23.9 Å². The smallest absolute Gasteiger partial charge is 0.413 e. The van der Waals surface area contributed by atoms with Crippen molar-refractivity contribution in [1.29, 1.82) is 0 Å². The second-order valence-corrected chi connectivity index (χ2v) is 7.25. The van der Waals surface area contributed by atoms with E-state index in [9.17, 15) is 9.59 Å². The van der Waals surface area contributed by atoms with Crippen molar-refractivity contribution in [1.82, 2.24) is 20.1 Å². The lowest BCUT2D eigenvalue weighted by atomic mass is 10.2. The lowest BCUT2D eigenvalue weighted by Crippen LogP contribution is -2.36. The fraction of sp³-hybridized carbons (Fsp3) is 0.263. The van der Waals surface area contributed by atoms with Crippen LogP contribution < -0.4 is 10.1 Å². The molecule has 0 aliphatic rings. The van der Waals surface area contributed by atoms with Gasteiger partial charge in [-0.05, 0) is 31.2 Å². The van der Waals surface area contributed by atoms with Gasteiger partial charge >= 0.3 is 6.09 Å². The van der Waals surface area contributed by atoms with Crippen LogP contribution in [0, 0.1) is 0 Å². The van der Waals surface area contributed by atoms with E-state index in [0.717, 1.165) is 5.56 Å². The Morgan fingerprint density at radius 1 is 1.24 bits per heavy atom. The second-order valence-electron chi connectivity index (χ2n) is 5.94. The number of aromatic nitrogens is 3. The molecule has 9 nitrogen and oxygen atoms in total. The summed E-state index contributed by atoms with van der Waals surface area (Å²) in [5.74, 6) is 1.51. The topological polar surface area (TPSA) is 108 Å². The first-order valence-corrected chi connectivity index (χ1v) is 9.55. The predicted octanol–water partition coefficient (Wildman–Crippen LogP) is 2.96. The molecular formula is C19H20N4O5S. The number of carbonyl (C=O) groups is 2. The number of methoxy groups -OCH3 is 2. The Kier molecular flexibility index (Phi) is 6.55. The van der Waals surface area contributed by atoms with E-state index in [0.29, 0.717) is 29.0 Å². The Labute approximate surface area is 171 Å². The molecular weight excluding hydrogens is 396 g/mol. The summed E-state index contributed by atoms with van der Waals surface area (Å²) in [4.78, 5) is 23.5. The number of hydrogen-bond donors (Lipinski definition) is 1. The number of ether oxygens (including phenoxy) is 2. The Morgan fingerprint density at radius 3 is 2.76 bits per heavy atom. The highest BCUT2D eigenvalue weighted by molar-refractivity contribution is 8.00. The molecule has 2 aromatic heterocycles. The summed E-state index contributed by atoms with van der Waals surface area (Å²) in [7, 11) is 2.79. The zero-order valence-electron chi connectivity index (χ0n) is 16.1. The van der Waals surface area contributed by atoms with E-state index in [-0.39, 0.29) is 0 Å². The highest BCUT2D eigenvalue weighted by Crippen LogP contribution is 2.29. The summed E-state index contributed by atoms with van der Waals surface area (Å²) >= 11 is 1.17. The van der Waals surface area contributed by atoms with E-state index in [2.05, 4.69) is 20.3 Å². The fourth-order valence-corrected chi connectivity index (χ4v) is 3.37. The van der Waals surface area contributed by atoms with Crippen molar-refractivity contribution in [3.05, 3.63) is 48.4 Å². The van der Waals surface area contributed by atoms with Gasteiger partial charge in [0.15, 0.2) is 11.0 Å². The van der Waals surface area contributed by atoms with Gasteiger partial charge in [0.1, 0.15) is 11.5 Å². The molecule has 1 aromatic carbocycles. The maximum absolute atomic E-state index is 12.2. The molecule has 0 bridgehead atoms. The van der Waals surface area contributed by atoms with Crippen LogP contribution in [-0.4, -0.2) is 46.2 Å². The highest BCUT2D eigenvalue weighted by atomic mass is 32.2. The number of amides is 2. The largest absolute Gasteiger partial charge is 0.497 e. The van der Waals surface area contributed by atoms with Crippen LogP contribution in [0.15, 0.2) is 52.2 Å². The van der Waals surface area contributed by atoms with Gasteiger partial charge in [0.25, 0.3) is 0 Å². The number of furan rings is 1. The second kappa shape index (κ2) is 9.28. The number of rotatable bonds is 7. The first-order chi connectivity index (χ1) is 14.0. The number of nitrogens with zero attached hydrogens (tertiary/aromatic N) is 3. The molecule has 0 fully saturated rings. The molecule has 1 atom stereocenters. The Bertz CT molecular complexity index is 986. The molecule has 0 radical (unpaired) electrons. The van der Waals surface area contributed by atoms with Gasteiger partial charge in [-0.2, -0.15) is 0 Å². The molecule has 0 unspecified atom stereocenters. The zero-order chi connectivity index (χ0) is 20.8. The summed E-state index contributed by atoms with van der Waals surface area (Å²) in [5.41, 5.74) is 0.807. The van der Waals surface area contributed by atoms with Gasteiger partial charge in [-0.3, -0.25) is 14.7 Å². The summed E-state index contributed by atoms with van der Waals surface area (Å²) in [5, 5.41) is 10.6. The standard InChI is InChI=1S/C19H20N4O5S/c1-12(17(24)20-19(25)27-3)29-18-22-21-16(13-6-4-7-14(10-13)26-2)23(18)11-15-8-5-9-28-15/h4-10,12H,11H2,1-3H3,(H,20,24,25)/t12-/m0/s1. The number of thioether (sulfide) groups is 1. The van der Waals surface area contributed by atoms with Crippen molar-refractivity contribution in [2.75, 3.05) is 14.2 Å². The highest BCUT2D eigenvalue weighted by Gasteiger charge is 2.23. The quantitative estimate of drug-likeness (QED) is 0.586. The van der Waals surface area contributed by atoms with Crippen LogP contribution in [0.3, 0.4) is 0 Å². The number of imide groups is 1. The Hall–Kier alpha value is -3.27. The minimum Gasteiger partial charge on any atom is -0.497 e. The summed E-state index contributed by atoms with van der Waals surface area (Å²) < 4.78 is 17.1. The average molecular weight is 416 g/mol. The minimum atomic E-state index is -0.809. The maximum atomic E-state index is 12.2. The molecule has 2 heterocycles. The lowest BCUT2D eigenvalue weighted by molar-refractivity contribution is -0.119. The summed E-state index contributed by atoms with van der Waals surface area (Å²) in [6.07, 6.45) is 0.779. The van der Waals surface area contributed by atoms with Crippen LogP contribution in [0.2, 0.25) is 0 Å². The van der Waals surface area contributed by atoms with E-state index in [1.165, 1.54) is 18.9 Å². The third-order valence-electron chi connectivity index (χ3n) is 4.00. The van der Waals surface area contributed by atoms with Crippen LogP contribution in [-0.2, 0) is 16.1 Å². The molecule has 29 heavy (non-hydrogen) atoms. The van der Waals surface area contributed by atoms with Gasteiger partial charge < -0.3 is 13.9 Å². The number of alkyl carbamates (subject to hydrolysis) is 1. The zero-order valence-corrected chi connectivity index (χ0v) is 16.9. The maximum Gasteiger partial charge on any atom is 0.413 e. The van der Waals surface area contributed by atoms with Crippen LogP contribution in [0.4, 0.5) is 4.79 Å². The monoisotopic (exact) mass is 416 g/mol. The first-order valence-electron chi connectivity index (χ1n) is 8.67. The SMILES string of the molecule is COC(=O)NC(=O)[C@H](C)Sc1nnc(-c2cccc(OC)c2)n1Cc1ccco1. The molecule has 1 N–H and O–H groups in total. The van der Waals surface area contributed by atoms with Crippen LogP contribution in [0.1, 0.15) is 12.7 Å². The Morgan fingerprint density at radius 2 is 2.07 bits per heavy atom. The van der Waals surface area contributed by atoms with Crippen molar-refractivity contribution < 1.29 is 23.5 Å². The molecule has 152 valence electrons. The minimum absolute atomic E-state index is 0.375.